The van der Waals surface area contributed by atoms with Gasteiger partial charge in [0.25, 0.3) is 5.91 Å². The van der Waals surface area contributed by atoms with E-state index in [-0.39, 0.29) is 12.3 Å². The first-order valence-electron chi connectivity index (χ1n) is 7.29. The summed E-state index contributed by atoms with van der Waals surface area (Å²) in [6.07, 6.45) is 2.92. The van der Waals surface area contributed by atoms with Crippen LogP contribution in [-0.4, -0.2) is 26.8 Å². The van der Waals surface area contributed by atoms with E-state index >= 15 is 0 Å². The minimum absolute atomic E-state index is 0.168. The van der Waals surface area contributed by atoms with Crippen LogP contribution in [0.15, 0.2) is 60.2 Å². The van der Waals surface area contributed by atoms with Crippen molar-refractivity contribution in [3.05, 3.63) is 70.7 Å². The van der Waals surface area contributed by atoms with Gasteiger partial charge in [0, 0.05) is 11.1 Å². The van der Waals surface area contributed by atoms with Crippen molar-refractivity contribution in [2.75, 3.05) is 0 Å². The summed E-state index contributed by atoms with van der Waals surface area (Å²) in [4.78, 5) is 24.3. The molecular formula is C17H15N3O3S. The second-order valence-corrected chi connectivity index (χ2v) is 6.13. The van der Waals surface area contributed by atoms with Crippen molar-refractivity contribution in [3.8, 4) is 5.69 Å². The Hall–Kier alpha value is -2.93. The Kier molecular flexibility index (Phi) is 4.72. The smallest absolute Gasteiger partial charge is 0.305 e. The molecule has 0 saturated heterocycles. The Morgan fingerprint density at radius 1 is 1.21 bits per heavy atom. The fourth-order valence-corrected chi connectivity index (χ4v) is 3.07. The summed E-state index contributed by atoms with van der Waals surface area (Å²) in [5.41, 5.74) is 1.22. The predicted molar refractivity (Wildman–Crippen MR) is 90.3 cm³/mol. The summed E-state index contributed by atoms with van der Waals surface area (Å²) in [6, 6.07) is 12.5. The molecule has 24 heavy (non-hydrogen) atoms. The molecular weight excluding hydrogens is 326 g/mol. The van der Waals surface area contributed by atoms with Crippen LogP contribution < -0.4 is 5.32 Å². The normalized spacial score (nSPS) is 11.8. The molecule has 0 aliphatic carbocycles. The lowest BCUT2D eigenvalue weighted by molar-refractivity contribution is -0.137. The molecule has 1 aromatic carbocycles. The van der Waals surface area contributed by atoms with Crippen LogP contribution in [0.2, 0.25) is 0 Å². The Labute approximate surface area is 142 Å². The van der Waals surface area contributed by atoms with Crippen LogP contribution in [0.3, 0.4) is 0 Å². The molecule has 3 aromatic rings. The number of rotatable bonds is 6. The highest BCUT2D eigenvalue weighted by molar-refractivity contribution is 7.10. The highest BCUT2D eigenvalue weighted by atomic mass is 32.1. The maximum Gasteiger partial charge on any atom is 0.305 e. The summed E-state index contributed by atoms with van der Waals surface area (Å²) in [7, 11) is 0. The molecule has 2 N–H and O–H groups in total. The molecule has 0 saturated carbocycles. The van der Waals surface area contributed by atoms with Gasteiger partial charge in [0.2, 0.25) is 0 Å². The van der Waals surface area contributed by atoms with Crippen molar-refractivity contribution in [1.82, 2.24) is 15.1 Å². The summed E-state index contributed by atoms with van der Waals surface area (Å²) in [5.74, 6) is -1.31. The van der Waals surface area contributed by atoms with Gasteiger partial charge in [-0.1, -0.05) is 24.3 Å². The first-order valence-corrected chi connectivity index (χ1v) is 8.17. The average Bonchev–Trinajstić information content (AvgIpc) is 3.26. The third-order valence-corrected chi connectivity index (χ3v) is 4.42. The topological polar surface area (TPSA) is 84.2 Å². The number of para-hydroxylation sites is 1. The molecule has 7 heteroatoms. The molecule has 122 valence electrons. The number of carboxylic acids is 1. The predicted octanol–water partition coefficient (Wildman–Crippen LogP) is 2.88. The molecule has 0 fully saturated rings. The van der Waals surface area contributed by atoms with Gasteiger partial charge in [0.1, 0.15) is 0 Å². The van der Waals surface area contributed by atoms with Crippen LogP contribution >= 0.6 is 11.3 Å². The molecule has 6 nitrogen and oxygen atoms in total. The van der Waals surface area contributed by atoms with Crippen molar-refractivity contribution < 1.29 is 14.7 Å². The fourth-order valence-electron chi connectivity index (χ4n) is 2.29. The Morgan fingerprint density at radius 3 is 2.67 bits per heavy atom. The van der Waals surface area contributed by atoms with Gasteiger partial charge in [0.05, 0.1) is 29.9 Å². The summed E-state index contributed by atoms with van der Waals surface area (Å²) >= 11 is 1.41. The fraction of sp³-hybridized carbons (Fsp3) is 0.118. The first-order chi connectivity index (χ1) is 11.6. The van der Waals surface area contributed by atoms with Gasteiger partial charge in [-0.25, -0.2) is 4.68 Å². The number of carbonyl (C=O) groups is 2. The van der Waals surface area contributed by atoms with Gasteiger partial charge in [-0.15, -0.1) is 11.3 Å². The van der Waals surface area contributed by atoms with E-state index in [1.54, 1.807) is 10.9 Å². The number of amides is 1. The molecule has 0 aliphatic rings. The zero-order valence-electron chi connectivity index (χ0n) is 12.6. The maximum absolute atomic E-state index is 12.4. The quantitative estimate of drug-likeness (QED) is 0.722. The first kappa shape index (κ1) is 15.9. The lowest BCUT2D eigenvalue weighted by Crippen LogP contribution is -2.29. The van der Waals surface area contributed by atoms with E-state index < -0.39 is 12.0 Å². The van der Waals surface area contributed by atoms with E-state index in [4.69, 9.17) is 5.11 Å². The lowest BCUT2D eigenvalue weighted by atomic mass is 10.1. The molecule has 1 amide bonds. The van der Waals surface area contributed by atoms with Gasteiger partial charge < -0.3 is 10.4 Å². The van der Waals surface area contributed by atoms with Crippen molar-refractivity contribution in [3.63, 3.8) is 0 Å². The zero-order chi connectivity index (χ0) is 16.9. The van der Waals surface area contributed by atoms with E-state index in [1.807, 2.05) is 47.8 Å². The highest BCUT2D eigenvalue weighted by Crippen LogP contribution is 2.22. The SMILES string of the molecule is O=C(O)CC(NC(=O)c1cnn(-c2ccccc2)c1)c1cccs1. The molecule has 1 atom stereocenters. The van der Waals surface area contributed by atoms with Gasteiger partial charge in [-0.05, 0) is 23.6 Å². The summed E-state index contributed by atoms with van der Waals surface area (Å²) < 4.78 is 1.60. The Bertz CT molecular complexity index is 828. The second kappa shape index (κ2) is 7.10. The molecule has 0 aliphatic heterocycles. The molecule has 0 spiro atoms. The van der Waals surface area contributed by atoms with Crippen LogP contribution in [0, 0.1) is 0 Å². The Balaban J connectivity index is 1.76. The highest BCUT2D eigenvalue weighted by Gasteiger charge is 2.20. The van der Waals surface area contributed by atoms with E-state index in [0.717, 1.165) is 10.6 Å². The number of carbonyl (C=O) groups excluding carboxylic acids is 1. The third-order valence-electron chi connectivity index (χ3n) is 3.44. The van der Waals surface area contributed by atoms with Crippen LogP contribution in [0.4, 0.5) is 0 Å². The van der Waals surface area contributed by atoms with Crippen molar-refractivity contribution in [1.29, 1.82) is 0 Å². The van der Waals surface area contributed by atoms with Crippen molar-refractivity contribution in [2.24, 2.45) is 0 Å². The average molecular weight is 341 g/mol. The van der Waals surface area contributed by atoms with E-state index in [0.29, 0.717) is 5.56 Å². The molecule has 1 unspecified atom stereocenters. The second-order valence-electron chi connectivity index (χ2n) is 5.15. The number of aromatic nitrogens is 2. The number of carboxylic acid groups (broad SMARTS) is 1. The van der Waals surface area contributed by atoms with Gasteiger partial charge >= 0.3 is 5.97 Å². The van der Waals surface area contributed by atoms with Crippen LogP contribution in [0.5, 0.6) is 0 Å². The monoisotopic (exact) mass is 341 g/mol. The number of benzene rings is 1. The lowest BCUT2D eigenvalue weighted by Gasteiger charge is -2.14. The number of nitrogens with one attached hydrogen (secondary N) is 1. The largest absolute Gasteiger partial charge is 0.481 e. The number of hydrogen-bond donors (Lipinski definition) is 2. The van der Waals surface area contributed by atoms with Gasteiger partial charge in [0.15, 0.2) is 0 Å². The third kappa shape index (κ3) is 3.69. The minimum Gasteiger partial charge on any atom is -0.481 e. The van der Waals surface area contributed by atoms with Crippen LogP contribution in [-0.2, 0) is 4.79 Å². The zero-order valence-corrected chi connectivity index (χ0v) is 13.4. The Morgan fingerprint density at radius 2 is 2.00 bits per heavy atom. The molecule has 0 radical (unpaired) electrons. The van der Waals surface area contributed by atoms with Crippen molar-refractivity contribution in [2.45, 2.75) is 12.5 Å². The summed E-state index contributed by atoms with van der Waals surface area (Å²) in [5, 5.41) is 17.9. The van der Waals surface area contributed by atoms with Gasteiger partial charge in [-0.3, -0.25) is 9.59 Å². The molecule has 0 bridgehead atoms. The summed E-state index contributed by atoms with van der Waals surface area (Å²) in [6.45, 7) is 0. The van der Waals surface area contributed by atoms with Crippen LogP contribution in [0.1, 0.15) is 27.7 Å². The minimum atomic E-state index is -0.964. The number of hydrogen-bond acceptors (Lipinski definition) is 4. The number of nitrogens with zero attached hydrogens (tertiary/aromatic N) is 2. The number of thiophene rings is 1. The van der Waals surface area contributed by atoms with E-state index in [1.165, 1.54) is 17.5 Å². The molecule has 3 rings (SSSR count). The molecule has 2 heterocycles. The maximum atomic E-state index is 12.4. The molecule has 2 aromatic heterocycles. The van der Waals surface area contributed by atoms with Crippen molar-refractivity contribution >= 4 is 23.2 Å². The van der Waals surface area contributed by atoms with Gasteiger partial charge in [-0.2, -0.15) is 5.10 Å². The van der Waals surface area contributed by atoms with E-state index in [9.17, 15) is 9.59 Å². The van der Waals surface area contributed by atoms with E-state index in [2.05, 4.69) is 10.4 Å². The van der Waals surface area contributed by atoms with Crippen LogP contribution in [0.25, 0.3) is 5.69 Å². The number of aliphatic carboxylic acids is 1. The standard InChI is InChI=1S/C17H15N3O3S/c21-16(22)9-14(15-7-4-8-24-15)19-17(23)12-10-18-20(11-12)13-5-2-1-3-6-13/h1-8,10-11,14H,9H2,(H,19,23)(H,21,22).